The smallest absolute Gasteiger partial charge is 0.191 e. The maximum absolute atomic E-state index is 14.2. The van der Waals surface area contributed by atoms with E-state index in [1.54, 1.807) is 30.3 Å². The molecule has 7 heteroatoms. The summed E-state index contributed by atoms with van der Waals surface area (Å²) < 4.78 is 22.0. The maximum Gasteiger partial charge on any atom is 0.191 e. The molecule has 1 aliphatic carbocycles. The van der Waals surface area contributed by atoms with Crippen LogP contribution in [0.4, 0.5) is 4.39 Å². The number of ketones is 1. The lowest BCUT2D eigenvalue weighted by molar-refractivity contribution is 0.101. The molecule has 144 valence electrons. The molecule has 5 nitrogen and oxygen atoms in total. The molecule has 0 unspecified atom stereocenters. The fraction of sp³-hybridized carbons (Fsp3) is 0.286. The molecule has 0 atom stereocenters. The van der Waals surface area contributed by atoms with Gasteiger partial charge in [0.25, 0.3) is 0 Å². The van der Waals surface area contributed by atoms with Gasteiger partial charge in [0.05, 0.1) is 17.7 Å². The predicted octanol–water partition coefficient (Wildman–Crippen LogP) is 4.79. The van der Waals surface area contributed by atoms with Gasteiger partial charge in [-0.05, 0) is 44.0 Å². The van der Waals surface area contributed by atoms with Gasteiger partial charge in [-0.15, -0.1) is 10.2 Å². The van der Waals surface area contributed by atoms with E-state index >= 15 is 0 Å². The number of hydrogen-bond acceptors (Lipinski definition) is 5. The minimum atomic E-state index is -0.294. The Balaban J connectivity index is 1.45. The summed E-state index contributed by atoms with van der Waals surface area (Å²) in [7, 11) is 0. The quantitative estimate of drug-likeness (QED) is 0.311. The van der Waals surface area contributed by atoms with Crippen LogP contribution in [0.25, 0.3) is 11.4 Å². The van der Waals surface area contributed by atoms with Gasteiger partial charge in [0, 0.05) is 11.8 Å². The van der Waals surface area contributed by atoms with Crippen molar-refractivity contribution < 1.29 is 13.9 Å². The summed E-state index contributed by atoms with van der Waals surface area (Å²) in [6.45, 7) is 1.96. The Bertz CT molecular complexity index is 1000. The van der Waals surface area contributed by atoms with Gasteiger partial charge >= 0.3 is 0 Å². The van der Waals surface area contributed by atoms with Crippen molar-refractivity contribution in [3.8, 4) is 17.1 Å². The Morgan fingerprint density at radius 2 is 1.93 bits per heavy atom. The molecule has 0 amide bonds. The number of thioether (sulfide) groups is 1. The third-order valence-electron chi connectivity index (χ3n) is 4.53. The number of hydrogen-bond donors (Lipinski definition) is 0. The number of ether oxygens (including phenoxy) is 1. The summed E-state index contributed by atoms with van der Waals surface area (Å²) in [5.41, 5.74) is 1.05. The zero-order valence-electron chi connectivity index (χ0n) is 15.5. The topological polar surface area (TPSA) is 57.0 Å². The summed E-state index contributed by atoms with van der Waals surface area (Å²) in [4.78, 5) is 11.7. The van der Waals surface area contributed by atoms with Gasteiger partial charge in [-0.3, -0.25) is 9.36 Å². The molecule has 1 saturated carbocycles. The highest BCUT2D eigenvalue weighted by Gasteiger charge is 2.30. The number of benzene rings is 2. The summed E-state index contributed by atoms with van der Waals surface area (Å²) in [5.74, 6) is 1.50. The minimum Gasteiger partial charge on any atom is -0.492 e. The van der Waals surface area contributed by atoms with Crippen LogP contribution >= 0.6 is 11.8 Å². The molecule has 28 heavy (non-hydrogen) atoms. The first kappa shape index (κ1) is 18.7. The van der Waals surface area contributed by atoms with Crippen LogP contribution in [0, 0.1) is 5.82 Å². The van der Waals surface area contributed by atoms with Crippen molar-refractivity contribution in [1.82, 2.24) is 14.8 Å². The molecule has 1 fully saturated rings. The molecule has 1 aliphatic rings. The van der Waals surface area contributed by atoms with E-state index in [1.165, 1.54) is 24.8 Å². The van der Waals surface area contributed by atoms with E-state index in [0.717, 1.165) is 18.0 Å². The van der Waals surface area contributed by atoms with Gasteiger partial charge in [0.15, 0.2) is 16.8 Å². The highest BCUT2D eigenvalue weighted by Crippen LogP contribution is 2.41. The first-order valence-electron chi connectivity index (χ1n) is 9.20. The van der Waals surface area contributed by atoms with Crippen LogP contribution in [-0.4, -0.2) is 32.9 Å². The third-order valence-corrected chi connectivity index (χ3v) is 5.44. The predicted molar refractivity (Wildman–Crippen MR) is 106 cm³/mol. The van der Waals surface area contributed by atoms with Gasteiger partial charge in [-0.1, -0.05) is 36.0 Å². The first-order valence-corrected chi connectivity index (χ1v) is 10.2. The number of halogens is 1. The standard InChI is InChI=1S/C21H20FN3O2S/c1-14(26)16-6-3-5-9-19(16)27-12-13-28-21-24-23-20(25(21)15-10-11-15)17-7-2-4-8-18(17)22/h2-9,15H,10-13H2,1H3. The van der Waals surface area contributed by atoms with Crippen LogP contribution in [-0.2, 0) is 0 Å². The van der Waals surface area contributed by atoms with Gasteiger partial charge < -0.3 is 4.74 Å². The summed E-state index contributed by atoms with van der Waals surface area (Å²) in [6.07, 6.45) is 2.10. The first-order chi connectivity index (χ1) is 13.6. The Kier molecular flexibility index (Phi) is 5.43. The number of para-hydroxylation sites is 1. The Morgan fingerprint density at radius 1 is 1.18 bits per heavy atom. The molecule has 0 aliphatic heterocycles. The number of Topliss-reactive ketones (excluding diaryl/α,β-unsaturated/α-hetero) is 1. The molecule has 3 aromatic rings. The molecular weight excluding hydrogens is 377 g/mol. The molecule has 0 bridgehead atoms. The minimum absolute atomic E-state index is 0.0220. The Morgan fingerprint density at radius 3 is 2.68 bits per heavy atom. The second-order valence-electron chi connectivity index (χ2n) is 6.64. The fourth-order valence-corrected chi connectivity index (χ4v) is 3.85. The molecule has 0 N–H and O–H groups in total. The lowest BCUT2D eigenvalue weighted by Crippen LogP contribution is -2.06. The van der Waals surface area contributed by atoms with Crippen molar-refractivity contribution in [1.29, 1.82) is 0 Å². The van der Waals surface area contributed by atoms with Crippen LogP contribution in [0.1, 0.15) is 36.2 Å². The van der Waals surface area contributed by atoms with Gasteiger partial charge in [0.2, 0.25) is 0 Å². The van der Waals surface area contributed by atoms with E-state index in [0.29, 0.717) is 41.1 Å². The lowest BCUT2D eigenvalue weighted by Gasteiger charge is -2.11. The highest BCUT2D eigenvalue weighted by molar-refractivity contribution is 7.99. The van der Waals surface area contributed by atoms with Crippen molar-refractivity contribution in [2.24, 2.45) is 0 Å². The van der Waals surface area contributed by atoms with E-state index < -0.39 is 0 Å². The van der Waals surface area contributed by atoms with Gasteiger partial charge in [-0.25, -0.2) is 4.39 Å². The van der Waals surface area contributed by atoms with E-state index in [2.05, 4.69) is 10.2 Å². The molecule has 0 radical (unpaired) electrons. The van der Waals surface area contributed by atoms with Crippen molar-refractivity contribution in [3.05, 3.63) is 59.9 Å². The molecule has 0 saturated heterocycles. The normalized spacial score (nSPS) is 13.5. The fourth-order valence-electron chi connectivity index (χ4n) is 3.03. The van der Waals surface area contributed by atoms with E-state index in [9.17, 15) is 9.18 Å². The average molecular weight is 397 g/mol. The van der Waals surface area contributed by atoms with Crippen LogP contribution in [0.15, 0.2) is 53.7 Å². The summed E-state index contributed by atoms with van der Waals surface area (Å²) >= 11 is 1.53. The van der Waals surface area contributed by atoms with E-state index in [4.69, 9.17) is 4.74 Å². The second-order valence-corrected chi connectivity index (χ2v) is 7.70. The third kappa shape index (κ3) is 3.94. The molecule has 1 aromatic heterocycles. The van der Waals surface area contributed by atoms with Crippen molar-refractivity contribution in [3.63, 3.8) is 0 Å². The lowest BCUT2D eigenvalue weighted by atomic mass is 10.1. The highest BCUT2D eigenvalue weighted by atomic mass is 32.2. The number of carbonyl (C=O) groups excluding carboxylic acids is 1. The maximum atomic E-state index is 14.2. The molecular formula is C21H20FN3O2S. The summed E-state index contributed by atoms with van der Waals surface area (Å²) in [6, 6.07) is 14.2. The largest absolute Gasteiger partial charge is 0.492 e. The number of aromatic nitrogens is 3. The van der Waals surface area contributed by atoms with Crippen molar-refractivity contribution in [2.45, 2.75) is 31.0 Å². The van der Waals surface area contributed by atoms with Crippen LogP contribution in [0.3, 0.4) is 0 Å². The van der Waals surface area contributed by atoms with Gasteiger partial charge in [-0.2, -0.15) is 0 Å². The Labute approximate surface area is 166 Å². The Hall–Kier alpha value is -2.67. The molecule has 2 aromatic carbocycles. The zero-order valence-corrected chi connectivity index (χ0v) is 16.3. The monoisotopic (exact) mass is 397 g/mol. The average Bonchev–Trinajstić information content (AvgIpc) is 3.45. The SMILES string of the molecule is CC(=O)c1ccccc1OCCSc1nnc(-c2ccccc2F)n1C1CC1. The number of nitrogens with zero attached hydrogens (tertiary/aromatic N) is 3. The second kappa shape index (κ2) is 8.14. The van der Waals surface area contributed by atoms with E-state index in [1.807, 2.05) is 16.7 Å². The van der Waals surface area contributed by atoms with Crippen LogP contribution < -0.4 is 4.74 Å². The zero-order chi connectivity index (χ0) is 19.5. The molecule has 4 rings (SSSR count). The number of carbonyl (C=O) groups is 1. The molecule has 1 heterocycles. The van der Waals surface area contributed by atoms with Gasteiger partial charge in [0.1, 0.15) is 11.6 Å². The van der Waals surface area contributed by atoms with Crippen LogP contribution in [0.5, 0.6) is 5.75 Å². The summed E-state index contributed by atoms with van der Waals surface area (Å²) in [5, 5.41) is 9.30. The van der Waals surface area contributed by atoms with Crippen molar-refractivity contribution in [2.75, 3.05) is 12.4 Å². The van der Waals surface area contributed by atoms with E-state index in [-0.39, 0.29) is 11.6 Å². The van der Waals surface area contributed by atoms with Crippen molar-refractivity contribution >= 4 is 17.5 Å². The van der Waals surface area contributed by atoms with Crippen LogP contribution in [0.2, 0.25) is 0 Å². The number of rotatable bonds is 8. The molecule has 0 spiro atoms.